The molecule has 0 radical (unpaired) electrons. The van der Waals surface area contributed by atoms with Gasteiger partial charge in [0, 0.05) is 35.9 Å². The van der Waals surface area contributed by atoms with Crippen molar-refractivity contribution in [2.45, 2.75) is 26.1 Å². The van der Waals surface area contributed by atoms with Crippen molar-refractivity contribution in [3.05, 3.63) is 78.2 Å². The maximum absolute atomic E-state index is 6.34. The first kappa shape index (κ1) is 22.4. The third kappa shape index (κ3) is 4.35. The van der Waals surface area contributed by atoms with E-state index in [1.54, 1.807) is 0 Å². The van der Waals surface area contributed by atoms with Gasteiger partial charge in [0.05, 0.1) is 19.6 Å². The fraction of sp³-hybridized carbons (Fsp3) is 0.286. The van der Waals surface area contributed by atoms with Gasteiger partial charge in [0.15, 0.2) is 6.17 Å². The van der Waals surface area contributed by atoms with Crippen LogP contribution in [0, 0.1) is 0 Å². The van der Waals surface area contributed by atoms with Gasteiger partial charge in [0.1, 0.15) is 17.3 Å². The van der Waals surface area contributed by atoms with Gasteiger partial charge in [-0.05, 0) is 49.6 Å². The smallest absolute Gasteiger partial charge is 0.298 e. The van der Waals surface area contributed by atoms with Crippen LogP contribution in [-0.4, -0.2) is 55.8 Å². The molecule has 1 atom stereocenters. The summed E-state index contributed by atoms with van der Waals surface area (Å²) >= 11 is 0. The standard InChI is InChI=1S/C28H30N6O2/c1-19(2)34-18-29-25-26(30-21-10-12-22(13-11-21)33-14-16-35-17-15-33)31-28(32-27(25)34)36-24-9-5-7-20-6-3-4-8-23(20)24/h3-13,18-19,27,30H,14-17H2,1-2H3,(H,31,32). The Morgan fingerprint density at radius 3 is 2.58 bits per heavy atom. The van der Waals surface area contributed by atoms with Crippen molar-refractivity contribution in [2.75, 3.05) is 36.5 Å². The van der Waals surface area contributed by atoms with E-state index in [-0.39, 0.29) is 12.2 Å². The molecule has 8 heteroatoms. The average molecular weight is 483 g/mol. The number of hydrogen-bond donors (Lipinski definition) is 2. The Bertz CT molecular complexity index is 1340. The largest absolute Gasteiger partial charge is 0.425 e. The average Bonchev–Trinajstić information content (AvgIpc) is 3.35. The lowest BCUT2D eigenvalue weighted by Crippen LogP contribution is -2.44. The molecule has 0 amide bonds. The van der Waals surface area contributed by atoms with Gasteiger partial charge in [0.2, 0.25) is 0 Å². The Morgan fingerprint density at radius 2 is 1.78 bits per heavy atom. The number of morpholine rings is 1. The zero-order valence-electron chi connectivity index (χ0n) is 20.5. The van der Waals surface area contributed by atoms with Gasteiger partial charge in [0.25, 0.3) is 6.02 Å². The van der Waals surface area contributed by atoms with Crippen LogP contribution in [0.15, 0.2) is 88.2 Å². The Kier molecular flexibility index (Phi) is 5.95. The molecule has 36 heavy (non-hydrogen) atoms. The first-order chi connectivity index (χ1) is 17.7. The predicted octanol–water partition coefficient (Wildman–Crippen LogP) is 4.37. The lowest BCUT2D eigenvalue weighted by molar-refractivity contribution is 0.122. The van der Waals surface area contributed by atoms with E-state index in [4.69, 9.17) is 19.5 Å². The summed E-state index contributed by atoms with van der Waals surface area (Å²) in [5.74, 6) is 1.52. The number of anilines is 2. The molecular formula is C28H30N6O2. The van der Waals surface area contributed by atoms with Crippen LogP contribution in [0.2, 0.25) is 0 Å². The van der Waals surface area contributed by atoms with E-state index in [9.17, 15) is 0 Å². The second kappa shape index (κ2) is 9.54. The summed E-state index contributed by atoms with van der Waals surface area (Å²) in [6.07, 6.45) is 1.60. The Labute approximate surface area is 210 Å². The number of amidine groups is 1. The highest BCUT2D eigenvalue weighted by Crippen LogP contribution is 2.30. The van der Waals surface area contributed by atoms with E-state index >= 15 is 0 Å². The van der Waals surface area contributed by atoms with E-state index in [1.165, 1.54) is 5.69 Å². The number of ether oxygens (including phenoxy) is 2. The Balaban J connectivity index is 1.27. The highest BCUT2D eigenvalue weighted by atomic mass is 16.5. The molecule has 8 nitrogen and oxygen atoms in total. The van der Waals surface area contributed by atoms with Crippen LogP contribution in [0.3, 0.4) is 0 Å². The van der Waals surface area contributed by atoms with Gasteiger partial charge in [-0.25, -0.2) is 9.98 Å². The van der Waals surface area contributed by atoms with E-state index in [1.807, 2.05) is 30.6 Å². The first-order valence-corrected chi connectivity index (χ1v) is 12.4. The summed E-state index contributed by atoms with van der Waals surface area (Å²) in [4.78, 5) is 14.0. The molecule has 3 heterocycles. The molecule has 184 valence electrons. The van der Waals surface area contributed by atoms with E-state index < -0.39 is 0 Å². The SMILES string of the molecule is CC(C)N1C=NC2=C(Nc3ccc(N4CCOCC4)cc3)NC(Oc3cccc4ccccc34)=NC21. The maximum Gasteiger partial charge on any atom is 0.298 e. The molecule has 3 aromatic rings. The van der Waals surface area contributed by atoms with Gasteiger partial charge in [-0.15, -0.1) is 0 Å². The van der Waals surface area contributed by atoms with Crippen LogP contribution in [0.4, 0.5) is 11.4 Å². The van der Waals surface area contributed by atoms with Crippen LogP contribution in [0.25, 0.3) is 10.8 Å². The highest BCUT2D eigenvalue weighted by molar-refractivity contribution is 5.91. The molecule has 1 fully saturated rings. The van der Waals surface area contributed by atoms with E-state index in [0.29, 0.717) is 6.02 Å². The van der Waals surface area contributed by atoms with Crippen LogP contribution in [-0.2, 0) is 4.74 Å². The molecular weight excluding hydrogens is 452 g/mol. The zero-order chi connectivity index (χ0) is 24.5. The third-order valence-electron chi connectivity index (χ3n) is 6.65. The lowest BCUT2D eigenvalue weighted by atomic mass is 10.1. The van der Waals surface area contributed by atoms with E-state index in [0.717, 1.165) is 60.0 Å². The number of aliphatic imine (C=N–C) groups is 2. The maximum atomic E-state index is 6.34. The van der Waals surface area contributed by atoms with Crippen molar-refractivity contribution in [3.63, 3.8) is 0 Å². The molecule has 2 N–H and O–H groups in total. The third-order valence-corrected chi connectivity index (χ3v) is 6.65. The van der Waals surface area contributed by atoms with Crippen molar-refractivity contribution in [1.29, 1.82) is 0 Å². The summed E-state index contributed by atoms with van der Waals surface area (Å²) in [5, 5.41) is 9.03. The molecule has 3 aromatic carbocycles. The quantitative estimate of drug-likeness (QED) is 0.563. The molecule has 0 bridgehead atoms. The summed E-state index contributed by atoms with van der Waals surface area (Å²) < 4.78 is 11.8. The van der Waals surface area contributed by atoms with Crippen molar-refractivity contribution >= 4 is 34.5 Å². The van der Waals surface area contributed by atoms with Crippen LogP contribution < -0.4 is 20.3 Å². The number of fused-ring (bicyclic) bond motifs is 2. The van der Waals surface area contributed by atoms with E-state index in [2.05, 4.69) is 76.7 Å². The number of rotatable bonds is 5. The normalized spacial score (nSPS) is 19.4. The van der Waals surface area contributed by atoms with Gasteiger partial charge in [-0.1, -0.05) is 36.4 Å². The molecule has 0 aliphatic carbocycles. The molecule has 6 rings (SSSR count). The molecule has 1 saturated heterocycles. The fourth-order valence-corrected chi connectivity index (χ4v) is 4.71. The molecule has 0 spiro atoms. The van der Waals surface area contributed by atoms with Gasteiger partial charge in [-0.3, -0.25) is 5.32 Å². The molecule has 0 saturated carbocycles. The molecule has 0 aromatic heterocycles. The summed E-state index contributed by atoms with van der Waals surface area (Å²) in [6, 6.07) is 23.4. The van der Waals surface area contributed by atoms with Gasteiger partial charge in [-0.2, -0.15) is 0 Å². The van der Waals surface area contributed by atoms with Crippen LogP contribution in [0.5, 0.6) is 5.75 Å². The van der Waals surface area contributed by atoms with Gasteiger partial charge >= 0.3 is 0 Å². The minimum Gasteiger partial charge on any atom is -0.425 e. The van der Waals surface area contributed by atoms with Crippen LogP contribution >= 0.6 is 0 Å². The molecule has 1 unspecified atom stereocenters. The summed E-state index contributed by atoms with van der Waals surface area (Å²) in [5.41, 5.74) is 3.00. The summed E-state index contributed by atoms with van der Waals surface area (Å²) in [6.45, 7) is 7.63. The second-order valence-corrected chi connectivity index (χ2v) is 9.33. The second-order valence-electron chi connectivity index (χ2n) is 9.33. The first-order valence-electron chi connectivity index (χ1n) is 12.4. The number of nitrogens with one attached hydrogen (secondary N) is 2. The van der Waals surface area contributed by atoms with Crippen molar-refractivity contribution < 1.29 is 9.47 Å². The van der Waals surface area contributed by atoms with Crippen molar-refractivity contribution in [3.8, 4) is 5.75 Å². The summed E-state index contributed by atoms with van der Waals surface area (Å²) in [7, 11) is 0. The predicted molar refractivity (Wildman–Crippen MR) is 145 cm³/mol. The highest BCUT2D eigenvalue weighted by Gasteiger charge is 2.34. The van der Waals surface area contributed by atoms with Crippen molar-refractivity contribution in [2.24, 2.45) is 9.98 Å². The van der Waals surface area contributed by atoms with Crippen molar-refractivity contribution in [1.82, 2.24) is 10.2 Å². The Hall–Kier alpha value is -4.04. The molecule has 3 aliphatic heterocycles. The number of hydrogen-bond acceptors (Lipinski definition) is 8. The minimum absolute atomic E-state index is 0.242. The fourth-order valence-electron chi connectivity index (χ4n) is 4.71. The monoisotopic (exact) mass is 482 g/mol. The zero-order valence-corrected chi connectivity index (χ0v) is 20.5. The minimum atomic E-state index is -0.258. The number of nitrogens with zero attached hydrogens (tertiary/aromatic N) is 4. The molecule has 3 aliphatic rings. The van der Waals surface area contributed by atoms with Gasteiger partial charge < -0.3 is 24.6 Å². The lowest BCUT2D eigenvalue weighted by Gasteiger charge is -2.30. The topological polar surface area (TPSA) is 73.7 Å². The number of benzene rings is 3. The van der Waals surface area contributed by atoms with Crippen LogP contribution in [0.1, 0.15) is 13.8 Å². The Morgan fingerprint density at radius 1 is 1.00 bits per heavy atom.